The van der Waals surface area contributed by atoms with Gasteiger partial charge in [0.25, 0.3) is 5.88 Å². The van der Waals surface area contributed by atoms with Gasteiger partial charge in [-0.05, 0) is 37.6 Å². The normalized spacial score (nSPS) is 17.2. The Labute approximate surface area is 188 Å². The van der Waals surface area contributed by atoms with Gasteiger partial charge in [-0.1, -0.05) is 0 Å². The zero-order valence-corrected chi connectivity index (χ0v) is 18.4. The lowest BCUT2D eigenvalue weighted by Gasteiger charge is -2.20. The summed E-state index contributed by atoms with van der Waals surface area (Å²) in [5.41, 5.74) is 5.68. The molecule has 0 saturated carbocycles. The van der Waals surface area contributed by atoms with Crippen molar-refractivity contribution in [2.75, 3.05) is 31.4 Å². The van der Waals surface area contributed by atoms with Gasteiger partial charge >= 0.3 is 6.18 Å². The molecule has 1 aliphatic rings. The lowest BCUT2D eigenvalue weighted by Crippen LogP contribution is -2.17. The summed E-state index contributed by atoms with van der Waals surface area (Å²) in [4.78, 5) is 13.3. The minimum Gasteiger partial charge on any atom is -0.482 e. The predicted octanol–water partition coefficient (Wildman–Crippen LogP) is 4.28. The fourth-order valence-corrected chi connectivity index (χ4v) is 3.63. The SMILES string of the molecule is COc1nc2nc(C)nc(N[C@H](C)c3cc(N)cc(C(F)(F)F)c3)c2cc1O[C@H]1CCOC1. The lowest BCUT2D eigenvalue weighted by molar-refractivity contribution is -0.137. The van der Waals surface area contributed by atoms with Gasteiger partial charge in [0.2, 0.25) is 0 Å². The predicted molar refractivity (Wildman–Crippen MR) is 116 cm³/mol. The van der Waals surface area contributed by atoms with E-state index in [1.54, 1.807) is 19.9 Å². The largest absolute Gasteiger partial charge is 0.482 e. The van der Waals surface area contributed by atoms with Crippen LogP contribution in [0.25, 0.3) is 11.0 Å². The Balaban J connectivity index is 1.71. The Hall–Kier alpha value is -3.34. The van der Waals surface area contributed by atoms with Gasteiger partial charge in [-0.15, -0.1) is 0 Å². The minimum atomic E-state index is -4.50. The molecule has 0 amide bonds. The van der Waals surface area contributed by atoms with Crippen molar-refractivity contribution < 1.29 is 27.4 Å². The molecule has 3 heterocycles. The first-order valence-electron chi connectivity index (χ1n) is 10.4. The van der Waals surface area contributed by atoms with E-state index in [2.05, 4.69) is 20.3 Å². The summed E-state index contributed by atoms with van der Waals surface area (Å²) >= 11 is 0. The standard InChI is InChI=1S/C22H24F3N5O3/c1-11(13-6-14(22(23,24)25)8-15(26)7-13)27-19-17-9-18(33-16-4-5-32-10-16)21(31-3)30-20(17)29-12(2)28-19/h6-9,11,16H,4-5,10,26H2,1-3H3,(H,27,28,29,30)/t11-,16+/m1/s1. The number of methoxy groups -OCH3 is 1. The number of halogens is 3. The molecule has 2 aromatic heterocycles. The molecule has 33 heavy (non-hydrogen) atoms. The summed E-state index contributed by atoms with van der Waals surface area (Å²) in [6, 6.07) is 4.66. The second-order valence-electron chi connectivity index (χ2n) is 7.84. The third kappa shape index (κ3) is 5.03. The van der Waals surface area contributed by atoms with E-state index in [0.717, 1.165) is 18.6 Å². The number of fused-ring (bicyclic) bond motifs is 1. The van der Waals surface area contributed by atoms with E-state index in [0.29, 0.717) is 47.2 Å². The number of ether oxygens (including phenoxy) is 3. The van der Waals surface area contributed by atoms with Crippen molar-refractivity contribution >= 4 is 22.5 Å². The number of aromatic nitrogens is 3. The van der Waals surface area contributed by atoms with Gasteiger partial charge in [0.05, 0.1) is 37.3 Å². The van der Waals surface area contributed by atoms with E-state index in [9.17, 15) is 13.2 Å². The molecule has 0 unspecified atom stereocenters. The van der Waals surface area contributed by atoms with E-state index in [-0.39, 0.29) is 17.7 Å². The number of nitrogens with one attached hydrogen (secondary N) is 1. The zero-order chi connectivity index (χ0) is 23.8. The molecule has 2 atom stereocenters. The van der Waals surface area contributed by atoms with E-state index in [4.69, 9.17) is 19.9 Å². The topological polar surface area (TPSA) is 104 Å². The van der Waals surface area contributed by atoms with Crippen LogP contribution in [0.2, 0.25) is 0 Å². The molecule has 1 aromatic carbocycles. The second kappa shape index (κ2) is 8.89. The number of aryl methyl sites for hydroxylation is 1. The van der Waals surface area contributed by atoms with Crippen LogP contribution in [0.4, 0.5) is 24.7 Å². The second-order valence-corrected chi connectivity index (χ2v) is 7.84. The van der Waals surface area contributed by atoms with Gasteiger partial charge in [-0.3, -0.25) is 0 Å². The molecule has 11 heteroatoms. The molecule has 1 aliphatic heterocycles. The number of nitrogens with two attached hydrogens (primary N) is 1. The number of nitrogen functional groups attached to an aromatic ring is 1. The highest BCUT2D eigenvalue weighted by atomic mass is 19.4. The molecule has 3 aromatic rings. The summed E-state index contributed by atoms with van der Waals surface area (Å²) in [6.45, 7) is 4.50. The average Bonchev–Trinajstić information content (AvgIpc) is 3.25. The molecule has 176 valence electrons. The Morgan fingerprint density at radius 1 is 1.18 bits per heavy atom. The van der Waals surface area contributed by atoms with Crippen LogP contribution in [-0.4, -0.2) is 41.4 Å². The van der Waals surface area contributed by atoms with Crippen molar-refractivity contribution in [2.45, 2.75) is 38.6 Å². The van der Waals surface area contributed by atoms with E-state index in [1.807, 2.05) is 0 Å². The number of hydrogen-bond acceptors (Lipinski definition) is 8. The summed E-state index contributed by atoms with van der Waals surface area (Å²) in [5, 5.41) is 3.71. The third-order valence-electron chi connectivity index (χ3n) is 5.26. The maximum absolute atomic E-state index is 13.2. The van der Waals surface area contributed by atoms with Gasteiger partial charge in [0, 0.05) is 18.2 Å². The van der Waals surface area contributed by atoms with Crippen molar-refractivity contribution in [1.29, 1.82) is 0 Å². The number of nitrogens with zero attached hydrogens (tertiary/aromatic N) is 3. The van der Waals surface area contributed by atoms with Gasteiger partial charge in [-0.2, -0.15) is 18.2 Å². The van der Waals surface area contributed by atoms with Crippen molar-refractivity contribution in [3.8, 4) is 11.6 Å². The Bertz CT molecular complexity index is 1170. The first-order chi connectivity index (χ1) is 15.6. The fraction of sp³-hybridized carbons (Fsp3) is 0.409. The van der Waals surface area contributed by atoms with Crippen LogP contribution < -0.4 is 20.5 Å². The summed E-state index contributed by atoms with van der Waals surface area (Å²) in [5.74, 6) is 1.53. The number of hydrogen-bond donors (Lipinski definition) is 2. The average molecular weight is 463 g/mol. The molecule has 0 spiro atoms. The van der Waals surface area contributed by atoms with E-state index >= 15 is 0 Å². The zero-order valence-electron chi connectivity index (χ0n) is 18.4. The molecular formula is C22H24F3N5O3. The van der Waals surface area contributed by atoms with Crippen LogP contribution in [0.3, 0.4) is 0 Å². The molecule has 0 bridgehead atoms. The number of pyridine rings is 1. The maximum Gasteiger partial charge on any atom is 0.416 e. The molecular weight excluding hydrogens is 439 g/mol. The first-order valence-corrected chi connectivity index (χ1v) is 10.4. The van der Waals surface area contributed by atoms with Crippen LogP contribution in [0, 0.1) is 6.92 Å². The van der Waals surface area contributed by atoms with Crippen LogP contribution in [0.1, 0.15) is 36.3 Å². The smallest absolute Gasteiger partial charge is 0.416 e. The number of benzene rings is 1. The number of anilines is 2. The van der Waals surface area contributed by atoms with Crippen LogP contribution in [-0.2, 0) is 10.9 Å². The highest BCUT2D eigenvalue weighted by Gasteiger charge is 2.31. The lowest BCUT2D eigenvalue weighted by atomic mass is 10.0. The fourth-order valence-electron chi connectivity index (χ4n) is 3.63. The molecule has 3 N–H and O–H groups in total. The quantitative estimate of drug-likeness (QED) is 0.522. The van der Waals surface area contributed by atoms with Crippen molar-refractivity contribution in [3.63, 3.8) is 0 Å². The van der Waals surface area contributed by atoms with Crippen molar-refractivity contribution in [3.05, 3.63) is 41.2 Å². The Morgan fingerprint density at radius 2 is 1.97 bits per heavy atom. The number of rotatable bonds is 6. The van der Waals surface area contributed by atoms with E-state index in [1.165, 1.54) is 13.2 Å². The first kappa shape index (κ1) is 22.8. The Kier molecular flexibility index (Phi) is 6.15. The third-order valence-corrected chi connectivity index (χ3v) is 5.26. The van der Waals surface area contributed by atoms with Crippen molar-refractivity contribution in [2.24, 2.45) is 0 Å². The molecule has 0 radical (unpaired) electrons. The van der Waals surface area contributed by atoms with Crippen LogP contribution >= 0.6 is 0 Å². The van der Waals surface area contributed by atoms with Crippen LogP contribution in [0.15, 0.2) is 24.3 Å². The molecule has 1 saturated heterocycles. The van der Waals surface area contributed by atoms with Gasteiger partial charge in [0.15, 0.2) is 11.4 Å². The molecule has 0 aliphatic carbocycles. The van der Waals surface area contributed by atoms with Crippen LogP contribution in [0.5, 0.6) is 11.6 Å². The van der Waals surface area contributed by atoms with Crippen molar-refractivity contribution in [1.82, 2.24) is 15.0 Å². The monoisotopic (exact) mass is 463 g/mol. The van der Waals surface area contributed by atoms with Gasteiger partial charge in [-0.25, -0.2) is 9.97 Å². The molecule has 4 rings (SSSR count). The Morgan fingerprint density at radius 3 is 2.64 bits per heavy atom. The van der Waals surface area contributed by atoms with Gasteiger partial charge in [0.1, 0.15) is 17.7 Å². The summed E-state index contributed by atoms with van der Waals surface area (Å²) in [7, 11) is 1.49. The summed E-state index contributed by atoms with van der Waals surface area (Å²) < 4.78 is 56.5. The van der Waals surface area contributed by atoms with E-state index < -0.39 is 17.8 Å². The highest BCUT2D eigenvalue weighted by Crippen LogP contribution is 2.36. The molecule has 8 nitrogen and oxygen atoms in total. The molecule has 1 fully saturated rings. The maximum atomic E-state index is 13.2. The summed E-state index contributed by atoms with van der Waals surface area (Å²) in [6.07, 6.45) is -3.89. The highest BCUT2D eigenvalue weighted by molar-refractivity contribution is 5.88. The minimum absolute atomic E-state index is 0.0260. The number of alkyl halides is 3. The van der Waals surface area contributed by atoms with Gasteiger partial charge < -0.3 is 25.3 Å².